The first-order chi connectivity index (χ1) is 10.9. The zero-order valence-corrected chi connectivity index (χ0v) is 12.4. The average molecular weight is 324 g/mol. The van der Waals surface area contributed by atoms with Gasteiger partial charge in [0.25, 0.3) is 11.6 Å². The summed E-state index contributed by atoms with van der Waals surface area (Å²) in [4.78, 5) is 33.8. The molecule has 9 nitrogen and oxygen atoms in total. The minimum absolute atomic E-state index is 0.183. The van der Waals surface area contributed by atoms with Crippen molar-refractivity contribution in [2.75, 3.05) is 13.2 Å². The molecule has 0 saturated carbocycles. The number of ether oxygens (including phenoxy) is 2. The topological polar surface area (TPSA) is 128 Å². The molecule has 124 valence electrons. The molecule has 1 aromatic rings. The number of benzene rings is 1. The van der Waals surface area contributed by atoms with E-state index in [4.69, 9.17) is 14.6 Å². The van der Waals surface area contributed by atoms with Gasteiger partial charge in [-0.15, -0.1) is 0 Å². The second-order valence-electron chi connectivity index (χ2n) is 4.92. The van der Waals surface area contributed by atoms with Crippen LogP contribution < -0.4 is 14.8 Å². The summed E-state index contributed by atoms with van der Waals surface area (Å²) in [5.41, 5.74) is -0.728. The van der Waals surface area contributed by atoms with Gasteiger partial charge in [0.15, 0.2) is 11.5 Å². The molecule has 0 saturated heterocycles. The van der Waals surface area contributed by atoms with E-state index in [2.05, 4.69) is 5.32 Å². The number of carbonyl (C=O) groups excluding carboxylic acids is 1. The number of aliphatic carboxylic acids is 1. The monoisotopic (exact) mass is 324 g/mol. The van der Waals surface area contributed by atoms with E-state index in [1.54, 1.807) is 6.92 Å². The lowest BCUT2D eigenvalue weighted by atomic mass is 10.1. The van der Waals surface area contributed by atoms with Crippen molar-refractivity contribution in [2.45, 2.75) is 25.8 Å². The van der Waals surface area contributed by atoms with Gasteiger partial charge in [0.1, 0.15) is 24.8 Å². The van der Waals surface area contributed by atoms with Gasteiger partial charge in [-0.2, -0.15) is 0 Å². The smallest absolute Gasteiger partial charge is 0.326 e. The molecule has 23 heavy (non-hydrogen) atoms. The Hall–Kier alpha value is -2.84. The van der Waals surface area contributed by atoms with E-state index in [0.717, 1.165) is 6.07 Å². The predicted octanol–water partition coefficient (Wildman–Crippen LogP) is 1.35. The fourth-order valence-corrected chi connectivity index (χ4v) is 2.19. The summed E-state index contributed by atoms with van der Waals surface area (Å²) >= 11 is 0. The number of rotatable bonds is 6. The van der Waals surface area contributed by atoms with Crippen LogP contribution in [0.15, 0.2) is 12.1 Å². The zero-order valence-electron chi connectivity index (χ0n) is 12.4. The van der Waals surface area contributed by atoms with Crippen LogP contribution >= 0.6 is 0 Å². The number of hydrogen-bond acceptors (Lipinski definition) is 6. The first kappa shape index (κ1) is 16.5. The van der Waals surface area contributed by atoms with Crippen LogP contribution in [0.4, 0.5) is 5.69 Å². The van der Waals surface area contributed by atoms with Gasteiger partial charge in [0.2, 0.25) is 0 Å². The summed E-state index contributed by atoms with van der Waals surface area (Å²) in [6.07, 6.45) is 0.764. The third-order valence-electron chi connectivity index (χ3n) is 3.28. The first-order valence-corrected chi connectivity index (χ1v) is 7.05. The number of nitro benzene ring substituents is 1. The molecule has 0 radical (unpaired) electrons. The molecular formula is C14H16N2O7. The van der Waals surface area contributed by atoms with Crippen LogP contribution in [-0.4, -0.2) is 41.2 Å². The molecule has 1 amide bonds. The highest BCUT2D eigenvalue weighted by atomic mass is 16.6. The van der Waals surface area contributed by atoms with Crippen LogP contribution in [0, 0.1) is 10.1 Å². The fraction of sp³-hybridized carbons (Fsp3) is 0.429. The molecule has 0 fully saturated rings. The highest BCUT2D eigenvalue weighted by Crippen LogP contribution is 2.36. The summed E-state index contributed by atoms with van der Waals surface area (Å²) in [6, 6.07) is 1.20. The molecule has 2 N–H and O–H groups in total. The summed E-state index contributed by atoms with van der Waals surface area (Å²) in [6.45, 7) is 2.29. The second kappa shape index (κ2) is 6.95. The lowest BCUT2D eigenvalue weighted by Crippen LogP contribution is -2.40. The van der Waals surface area contributed by atoms with Gasteiger partial charge in [0.05, 0.1) is 11.0 Å². The quantitative estimate of drug-likeness (QED) is 0.597. The van der Waals surface area contributed by atoms with Crippen molar-refractivity contribution in [1.29, 1.82) is 0 Å². The zero-order chi connectivity index (χ0) is 17.0. The molecule has 1 heterocycles. The van der Waals surface area contributed by atoms with E-state index < -0.39 is 28.5 Å². The number of nitrogens with zero attached hydrogens (tertiary/aromatic N) is 1. The summed E-state index contributed by atoms with van der Waals surface area (Å²) in [7, 11) is 0. The van der Waals surface area contributed by atoms with Gasteiger partial charge in [-0.1, -0.05) is 13.3 Å². The van der Waals surface area contributed by atoms with Crippen molar-refractivity contribution in [1.82, 2.24) is 5.32 Å². The largest absolute Gasteiger partial charge is 0.486 e. The number of amides is 1. The molecule has 0 aliphatic carbocycles. The van der Waals surface area contributed by atoms with Gasteiger partial charge >= 0.3 is 5.97 Å². The Bertz CT molecular complexity index is 644. The Balaban J connectivity index is 2.34. The number of nitrogens with one attached hydrogen (secondary N) is 1. The number of fused-ring (bicyclic) bond motifs is 1. The van der Waals surface area contributed by atoms with E-state index in [9.17, 15) is 19.7 Å². The van der Waals surface area contributed by atoms with E-state index in [1.165, 1.54) is 6.07 Å². The molecule has 1 aromatic carbocycles. The Morgan fingerprint density at radius 2 is 1.96 bits per heavy atom. The molecule has 9 heteroatoms. The van der Waals surface area contributed by atoms with Gasteiger partial charge in [-0.3, -0.25) is 14.9 Å². The second-order valence-corrected chi connectivity index (χ2v) is 4.92. The van der Waals surface area contributed by atoms with Gasteiger partial charge in [-0.25, -0.2) is 4.79 Å². The molecule has 1 unspecified atom stereocenters. The Morgan fingerprint density at radius 1 is 1.35 bits per heavy atom. The number of nitro groups is 1. The summed E-state index contributed by atoms with van der Waals surface area (Å²) in [5, 5.41) is 22.5. The molecule has 1 aliphatic rings. The van der Waals surface area contributed by atoms with Crippen molar-refractivity contribution in [3.05, 3.63) is 27.8 Å². The van der Waals surface area contributed by atoms with Gasteiger partial charge < -0.3 is 19.9 Å². The first-order valence-electron chi connectivity index (χ1n) is 7.05. The van der Waals surface area contributed by atoms with E-state index in [1.807, 2.05) is 0 Å². The van der Waals surface area contributed by atoms with Crippen molar-refractivity contribution in [2.24, 2.45) is 0 Å². The SMILES string of the molecule is CCCC(NC(=O)c1cc2c(cc1[N+](=O)[O-])OCCO2)C(=O)O. The lowest BCUT2D eigenvalue weighted by molar-refractivity contribution is -0.385. The van der Waals surface area contributed by atoms with E-state index >= 15 is 0 Å². The Morgan fingerprint density at radius 3 is 2.48 bits per heavy atom. The van der Waals surface area contributed by atoms with Crippen molar-refractivity contribution in [3.8, 4) is 11.5 Å². The highest BCUT2D eigenvalue weighted by Gasteiger charge is 2.28. The number of carboxylic acids is 1. The summed E-state index contributed by atoms with van der Waals surface area (Å²) < 4.78 is 10.6. The average Bonchev–Trinajstić information content (AvgIpc) is 2.52. The predicted molar refractivity (Wildman–Crippen MR) is 77.9 cm³/mol. The fourth-order valence-electron chi connectivity index (χ4n) is 2.19. The van der Waals surface area contributed by atoms with Crippen molar-refractivity contribution in [3.63, 3.8) is 0 Å². The maximum Gasteiger partial charge on any atom is 0.326 e. The number of carboxylic acid groups (broad SMARTS) is 1. The Kier molecular flexibility index (Phi) is 4.99. The minimum Gasteiger partial charge on any atom is -0.486 e. The third kappa shape index (κ3) is 3.68. The molecule has 1 atom stereocenters. The van der Waals surface area contributed by atoms with Gasteiger partial charge in [0, 0.05) is 6.07 Å². The molecule has 0 aromatic heterocycles. The number of hydrogen-bond donors (Lipinski definition) is 2. The molecule has 0 spiro atoms. The summed E-state index contributed by atoms with van der Waals surface area (Å²) in [5.74, 6) is -1.63. The normalized spacial score (nSPS) is 14.0. The number of carbonyl (C=O) groups is 2. The Labute approximate surface area is 131 Å². The maximum absolute atomic E-state index is 12.3. The van der Waals surface area contributed by atoms with Crippen LogP contribution in [-0.2, 0) is 4.79 Å². The van der Waals surface area contributed by atoms with Crippen LogP contribution in [0.25, 0.3) is 0 Å². The van der Waals surface area contributed by atoms with Crippen molar-refractivity contribution < 1.29 is 29.1 Å². The van der Waals surface area contributed by atoms with Crippen LogP contribution in [0.2, 0.25) is 0 Å². The molecule has 1 aliphatic heterocycles. The third-order valence-corrected chi connectivity index (χ3v) is 3.28. The van der Waals surface area contributed by atoms with E-state index in [0.29, 0.717) is 6.42 Å². The van der Waals surface area contributed by atoms with Crippen LogP contribution in [0.1, 0.15) is 30.1 Å². The molecular weight excluding hydrogens is 308 g/mol. The van der Waals surface area contributed by atoms with E-state index in [-0.39, 0.29) is 36.7 Å². The van der Waals surface area contributed by atoms with Crippen molar-refractivity contribution >= 4 is 17.6 Å². The maximum atomic E-state index is 12.3. The molecule has 0 bridgehead atoms. The van der Waals surface area contributed by atoms with Gasteiger partial charge in [-0.05, 0) is 6.42 Å². The highest BCUT2D eigenvalue weighted by molar-refractivity contribution is 6.00. The molecule has 2 rings (SSSR count). The minimum atomic E-state index is -1.19. The standard InChI is InChI=1S/C14H16N2O7/c1-2-3-9(14(18)19)15-13(17)8-6-11-12(23-5-4-22-11)7-10(8)16(20)21/h6-7,9H,2-5H2,1H3,(H,15,17)(H,18,19). The van der Waals surface area contributed by atoms with Crippen LogP contribution in [0.3, 0.4) is 0 Å². The lowest BCUT2D eigenvalue weighted by Gasteiger charge is -2.19. The van der Waals surface area contributed by atoms with Crippen LogP contribution in [0.5, 0.6) is 11.5 Å².